The molecule has 1 amide bonds. The number of hydrogen-bond acceptors (Lipinski definition) is 3. The smallest absolute Gasteiger partial charge is 0.237 e. The molecule has 0 saturated heterocycles. The first-order valence-electron chi connectivity index (χ1n) is 5.69. The number of likely N-dealkylation sites (N-methyl/N-ethyl adjacent to an activating group) is 1. The largest absolute Gasteiger partial charge is 0.368 e. The van der Waals surface area contributed by atoms with Crippen LogP contribution in [0.3, 0.4) is 0 Å². The SMILES string of the molecule is CCCN(C)CCC(C)(NCC)C(N)=O. The second-order valence-corrected chi connectivity index (χ2v) is 4.28. The van der Waals surface area contributed by atoms with Crippen molar-refractivity contribution in [1.82, 2.24) is 10.2 Å². The number of nitrogens with one attached hydrogen (secondary N) is 1. The van der Waals surface area contributed by atoms with Crippen molar-refractivity contribution < 1.29 is 4.79 Å². The van der Waals surface area contributed by atoms with Crippen LogP contribution in [-0.4, -0.2) is 43.0 Å². The molecule has 90 valence electrons. The van der Waals surface area contributed by atoms with Gasteiger partial charge in [0.2, 0.25) is 5.91 Å². The Bertz CT molecular complexity index is 196. The second kappa shape index (κ2) is 6.80. The third-order valence-corrected chi connectivity index (χ3v) is 2.71. The maximum absolute atomic E-state index is 11.3. The fourth-order valence-corrected chi connectivity index (χ4v) is 1.60. The van der Waals surface area contributed by atoms with E-state index >= 15 is 0 Å². The zero-order valence-corrected chi connectivity index (χ0v) is 10.5. The molecule has 4 nitrogen and oxygen atoms in total. The van der Waals surface area contributed by atoms with Crippen molar-refractivity contribution >= 4 is 5.91 Å². The van der Waals surface area contributed by atoms with Gasteiger partial charge in [-0.05, 0) is 39.9 Å². The van der Waals surface area contributed by atoms with E-state index in [1.807, 2.05) is 13.8 Å². The Morgan fingerprint density at radius 1 is 1.40 bits per heavy atom. The number of rotatable bonds is 8. The van der Waals surface area contributed by atoms with Gasteiger partial charge in [0.25, 0.3) is 0 Å². The summed E-state index contributed by atoms with van der Waals surface area (Å²) in [7, 11) is 2.07. The number of hydrogen-bond donors (Lipinski definition) is 2. The van der Waals surface area contributed by atoms with Crippen molar-refractivity contribution in [1.29, 1.82) is 0 Å². The number of primary amides is 1. The molecule has 0 radical (unpaired) electrons. The van der Waals surface area contributed by atoms with Crippen molar-refractivity contribution in [3.8, 4) is 0 Å². The van der Waals surface area contributed by atoms with E-state index < -0.39 is 5.54 Å². The summed E-state index contributed by atoms with van der Waals surface area (Å²) < 4.78 is 0. The minimum atomic E-state index is -0.573. The average molecular weight is 215 g/mol. The van der Waals surface area contributed by atoms with E-state index in [-0.39, 0.29) is 5.91 Å². The molecule has 0 aliphatic rings. The van der Waals surface area contributed by atoms with E-state index in [1.54, 1.807) is 0 Å². The van der Waals surface area contributed by atoms with E-state index in [4.69, 9.17) is 5.73 Å². The van der Waals surface area contributed by atoms with Gasteiger partial charge in [0, 0.05) is 6.54 Å². The van der Waals surface area contributed by atoms with Crippen LogP contribution >= 0.6 is 0 Å². The van der Waals surface area contributed by atoms with Crippen LogP contribution in [0.25, 0.3) is 0 Å². The molecule has 0 bridgehead atoms. The number of carbonyl (C=O) groups excluding carboxylic acids is 1. The van der Waals surface area contributed by atoms with Gasteiger partial charge in [-0.25, -0.2) is 0 Å². The lowest BCUT2D eigenvalue weighted by Crippen LogP contribution is -2.54. The first-order chi connectivity index (χ1) is 6.96. The van der Waals surface area contributed by atoms with Crippen LogP contribution in [0.4, 0.5) is 0 Å². The molecule has 0 aromatic heterocycles. The quantitative estimate of drug-likeness (QED) is 0.622. The highest BCUT2D eigenvalue weighted by molar-refractivity contribution is 5.84. The van der Waals surface area contributed by atoms with Gasteiger partial charge in [0.05, 0.1) is 5.54 Å². The molecule has 0 aromatic carbocycles. The molecule has 0 aromatic rings. The van der Waals surface area contributed by atoms with Crippen LogP contribution in [0.2, 0.25) is 0 Å². The molecule has 0 rings (SSSR count). The molecule has 1 atom stereocenters. The lowest BCUT2D eigenvalue weighted by Gasteiger charge is -2.29. The maximum Gasteiger partial charge on any atom is 0.237 e. The van der Waals surface area contributed by atoms with E-state index in [2.05, 4.69) is 24.2 Å². The average Bonchev–Trinajstić information content (AvgIpc) is 2.15. The normalized spacial score (nSPS) is 15.3. The molecule has 4 heteroatoms. The van der Waals surface area contributed by atoms with Crippen molar-refractivity contribution in [2.24, 2.45) is 5.73 Å². The minimum absolute atomic E-state index is 0.269. The lowest BCUT2D eigenvalue weighted by atomic mass is 9.96. The van der Waals surface area contributed by atoms with Crippen molar-refractivity contribution in [3.05, 3.63) is 0 Å². The van der Waals surface area contributed by atoms with Crippen molar-refractivity contribution in [2.45, 2.75) is 39.2 Å². The van der Waals surface area contributed by atoms with Crippen molar-refractivity contribution in [3.63, 3.8) is 0 Å². The van der Waals surface area contributed by atoms with Crippen LogP contribution in [-0.2, 0) is 4.79 Å². The van der Waals surface area contributed by atoms with E-state index in [1.165, 1.54) is 0 Å². The molecule has 3 N–H and O–H groups in total. The molecule has 0 heterocycles. The topological polar surface area (TPSA) is 58.4 Å². The summed E-state index contributed by atoms with van der Waals surface area (Å²) in [6.07, 6.45) is 1.89. The zero-order valence-electron chi connectivity index (χ0n) is 10.5. The third-order valence-electron chi connectivity index (χ3n) is 2.71. The Hall–Kier alpha value is -0.610. The van der Waals surface area contributed by atoms with Gasteiger partial charge in [-0.3, -0.25) is 4.79 Å². The van der Waals surface area contributed by atoms with Gasteiger partial charge in [-0.1, -0.05) is 13.8 Å². The molecule has 0 fully saturated rings. The first kappa shape index (κ1) is 14.4. The van der Waals surface area contributed by atoms with Gasteiger partial charge in [0.1, 0.15) is 0 Å². The van der Waals surface area contributed by atoms with Gasteiger partial charge in [-0.2, -0.15) is 0 Å². The van der Waals surface area contributed by atoms with Gasteiger partial charge in [-0.15, -0.1) is 0 Å². The highest BCUT2D eigenvalue weighted by atomic mass is 16.1. The van der Waals surface area contributed by atoms with Gasteiger partial charge in [0.15, 0.2) is 0 Å². The predicted octanol–water partition coefficient (Wildman–Crippen LogP) is 0.572. The summed E-state index contributed by atoms with van der Waals surface area (Å²) in [5, 5.41) is 3.15. The minimum Gasteiger partial charge on any atom is -0.368 e. The maximum atomic E-state index is 11.3. The van der Waals surface area contributed by atoms with E-state index in [0.717, 1.165) is 32.5 Å². The predicted molar refractivity (Wildman–Crippen MR) is 63.7 cm³/mol. The number of nitrogens with two attached hydrogens (primary N) is 1. The fourth-order valence-electron chi connectivity index (χ4n) is 1.60. The van der Waals surface area contributed by atoms with E-state index in [0.29, 0.717) is 0 Å². The summed E-state index contributed by atoms with van der Waals surface area (Å²) in [5.41, 5.74) is 4.82. The van der Waals surface area contributed by atoms with Gasteiger partial charge >= 0.3 is 0 Å². The Morgan fingerprint density at radius 3 is 2.40 bits per heavy atom. The van der Waals surface area contributed by atoms with E-state index in [9.17, 15) is 4.79 Å². The van der Waals surface area contributed by atoms with Crippen LogP contribution in [0.1, 0.15) is 33.6 Å². The molecule has 0 aliphatic carbocycles. The molecular formula is C11H25N3O. The number of carbonyl (C=O) groups is 1. The summed E-state index contributed by atoms with van der Waals surface area (Å²) in [6, 6.07) is 0. The first-order valence-corrected chi connectivity index (χ1v) is 5.69. The third kappa shape index (κ3) is 5.14. The monoisotopic (exact) mass is 215 g/mol. The fraction of sp³-hybridized carbons (Fsp3) is 0.909. The van der Waals surface area contributed by atoms with Crippen LogP contribution in [0.5, 0.6) is 0 Å². The van der Waals surface area contributed by atoms with Gasteiger partial charge < -0.3 is 16.0 Å². The van der Waals surface area contributed by atoms with Crippen LogP contribution in [0, 0.1) is 0 Å². The Kier molecular flexibility index (Phi) is 6.52. The van der Waals surface area contributed by atoms with Crippen molar-refractivity contribution in [2.75, 3.05) is 26.7 Å². The highest BCUT2D eigenvalue weighted by Crippen LogP contribution is 2.09. The molecular weight excluding hydrogens is 190 g/mol. The Labute approximate surface area is 93.2 Å². The Balaban J connectivity index is 4.12. The Morgan fingerprint density at radius 2 is 2.00 bits per heavy atom. The molecule has 1 unspecified atom stereocenters. The summed E-state index contributed by atoms with van der Waals surface area (Å²) >= 11 is 0. The van der Waals surface area contributed by atoms with Crippen LogP contribution in [0.15, 0.2) is 0 Å². The zero-order chi connectivity index (χ0) is 11.9. The molecule has 0 saturated carbocycles. The van der Waals surface area contributed by atoms with Crippen LogP contribution < -0.4 is 11.1 Å². The second-order valence-electron chi connectivity index (χ2n) is 4.28. The summed E-state index contributed by atoms with van der Waals surface area (Å²) in [5.74, 6) is -0.269. The molecule has 0 spiro atoms. The summed E-state index contributed by atoms with van der Waals surface area (Å²) in [6.45, 7) is 8.71. The number of nitrogens with zero attached hydrogens (tertiary/aromatic N) is 1. The molecule has 15 heavy (non-hydrogen) atoms. The highest BCUT2D eigenvalue weighted by Gasteiger charge is 2.29. The standard InChI is InChI=1S/C11H25N3O/c1-5-8-14(4)9-7-11(3,10(12)15)13-6-2/h13H,5-9H2,1-4H3,(H2,12,15). The lowest BCUT2D eigenvalue weighted by molar-refractivity contribution is -0.124. The molecule has 0 aliphatic heterocycles. The number of amides is 1. The summed E-state index contributed by atoms with van der Waals surface area (Å²) in [4.78, 5) is 13.5.